The summed E-state index contributed by atoms with van der Waals surface area (Å²) in [5.74, 6) is -1.45. The summed E-state index contributed by atoms with van der Waals surface area (Å²) in [4.78, 5) is 40.0. The molecular formula is C22H20F3N3O3. The Morgan fingerprint density at radius 1 is 1.13 bits per heavy atom. The van der Waals surface area contributed by atoms with Crippen LogP contribution in [0.25, 0.3) is 0 Å². The minimum Gasteiger partial charge on any atom is -0.326 e. The van der Waals surface area contributed by atoms with Crippen LogP contribution in [-0.4, -0.2) is 30.8 Å². The third kappa shape index (κ3) is 4.12. The molecule has 1 unspecified atom stereocenters. The van der Waals surface area contributed by atoms with Crippen molar-refractivity contribution in [3.63, 3.8) is 0 Å². The van der Waals surface area contributed by atoms with Crippen molar-refractivity contribution >= 4 is 34.8 Å². The Morgan fingerprint density at radius 2 is 1.90 bits per heavy atom. The molecule has 3 amide bonds. The average molecular weight is 431 g/mol. The van der Waals surface area contributed by atoms with E-state index in [1.54, 1.807) is 17.0 Å². The maximum atomic E-state index is 12.9. The van der Waals surface area contributed by atoms with Gasteiger partial charge in [0.15, 0.2) is 0 Å². The Bertz CT molecular complexity index is 1070. The molecule has 1 saturated heterocycles. The van der Waals surface area contributed by atoms with Gasteiger partial charge in [-0.05, 0) is 48.4 Å². The Morgan fingerprint density at radius 3 is 2.61 bits per heavy atom. The number of alkyl halides is 3. The standard InChI is InChI=1S/C22H20F3N3O3/c1-13(29)27-8-7-14-9-18(5-6-19(14)27)28-12-15(10-20(28)30)21(31)26-17-4-2-3-16(11-17)22(23,24)25/h2-6,9,11,15H,7-8,10,12H2,1H3,(H,26,31). The number of amides is 3. The zero-order chi connectivity index (χ0) is 22.3. The number of halogens is 3. The van der Waals surface area contributed by atoms with E-state index in [2.05, 4.69) is 5.32 Å². The molecule has 2 aliphatic heterocycles. The highest BCUT2D eigenvalue weighted by atomic mass is 19.4. The van der Waals surface area contributed by atoms with Crippen molar-refractivity contribution in [3.05, 3.63) is 53.6 Å². The van der Waals surface area contributed by atoms with Crippen LogP contribution in [0.15, 0.2) is 42.5 Å². The summed E-state index contributed by atoms with van der Waals surface area (Å²) in [7, 11) is 0. The molecule has 0 aliphatic carbocycles. The molecule has 0 spiro atoms. The number of anilines is 3. The van der Waals surface area contributed by atoms with Gasteiger partial charge in [-0.25, -0.2) is 0 Å². The number of nitrogens with zero attached hydrogens (tertiary/aromatic N) is 2. The van der Waals surface area contributed by atoms with Crippen molar-refractivity contribution in [1.29, 1.82) is 0 Å². The predicted molar refractivity (Wildman–Crippen MR) is 109 cm³/mol. The molecule has 2 aromatic carbocycles. The van der Waals surface area contributed by atoms with Gasteiger partial charge < -0.3 is 15.1 Å². The van der Waals surface area contributed by atoms with E-state index in [1.807, 2.05) is 6.07 Å². The molecule has 6 nitrogen and oxygen atoms in total. The Balaban J connectivity index is 1.46. The first-order valence-corrected chi connectivity index (χ1v) is 9.83. The fraction of sp³-hybridized carbons (Fsp3) is 0.318. The van der Waals surface area contributed by atoms with Crippen LogP contribution in [0.4, 0.5) is 30.2 Å². The molecule has 1 fully saturated rings. The number of carbonyl (C=O) groups excluding carboxylic acids is 3. The summed E-state index contributed by atoms with van der Waals surface area (Å²) in [6.45, 7) is 2.23. The molecule has 162 valence electrons. The molecular weight excluding hydrogens is 411 g/mol. The second-order valence-electron chi connectivity index (χ2n) is 7.71. The van der Waals surface area contributed by atoms with Gasteiger partial charge in [0.05, 0.1) is 11.5 Å². The lowest BCUT2D eigenvalue weighted by atomic mass is 10.1. The van der Waals surface area contributed by atoms with Crippen molar-refractivity contribution < 1.29 is 27.6 Å². The SMILES string of the molecule is CC(=O)N1CCc2cc(N3CC(C(=O)Nc4cccc(C(F)(F)F)c4)CC3=O)ccc21. The highest BCUT2D eigenvalue weighted by Crippen LogP contribution is 2.35. The lowest BCUT2D eigenvalue weighted by molar-refractivity contribution is -0.137. The zero-order valence-corrected chi connectivity index (χ0v) is 16.7. The van der Waals surface area contributed by atoms with Crippen LogP contribution >= 0.6 is 0 Å². The van der Waals surface area contributed by atoms with E-state index < -0.39 is 23.6 Å². The van der Waals surface area contributed by atoms with Crippen molar-refractivity contribution in [1.82, 2.24) is 0 Å². The maximum Gasteiger partial charge on any atom is 0.416 e. The van der Waals surface area contributed by atoms with Gasteiger partial charge >= 0.3 is 6.18 Å². The molecule has 31 heavy (non-hydrogen) atoms. The zero-order valence-electron chi connectivity index (χ0n) is 16.7. The topological polar surface area (TPSA) is 69.7 Å². The van der Waals surface area contributed by atoms with Crippen LogP contribution in [0.3, 0.4) is 0 Å². The Hall–Kier alpha value is -3.36. The maximum absolute atomic E-state index is 12.9. The van der Waals surface area contributed by atoms with E-state index in [9.17, 15) is 27.6 Å². The van der Waals surface area contributed by atoms with Crippen LogP contribution in [0.1, 0.15) is 24.5 Å². The second-order valence-corrected chi connectivity index (χ2v) is 7.71. The minimum atomic E-state index is -4.51. The Labute approximate surface area is 176 Å². The minimum absolute atomic E-state index is 0.0263. The van der Waals surface area contributed by atoms with Crippen LogP contribution < -0.4 is 15.1 Å². The normalized spacial score (nSPS) is 18.3. The first-order chi connectivity index (χ1) is 14.6. The Kier molecular flexibility index (Phi) is 5.20. The lowest BCUT2D eigenvalue weighted by Crippen LogP contribution is -2.28. The van der Waals surface area contributed by atoms with Gasteiger partial charge in [-0.2, -0.15) is 13.2 Å². The fourth-order valence-electron chi connectivity index (χ4n) is 4.03. The highest BCUT2D eigenvalue weighted by Gasteiger charge is 2.36. The fourth-order valence-corrected chi connectivity index (χ4v) is 4.03. The molecule has 0 radical (unpaired) electrons. The number of carbonyl (C=O) groups is 3. The molecule has 1 N–H and O–H groups in total. The van der Waals surface area contributed by atoms with Crippen molar-refractivity contribution in [3.8, 4) is 0 Å². The summed E-state index contributed by atoms with van der Waals surface area (Å²) < 4.78 is 38.6. The van der Waals surface area contributed by atoms with Gasteiger partial charge in [-0.3, -0.25) is 14.4 Å². The van der Waals surface area contributed by atoms with Crippen LogP contribution in [-0.2, 0) is 27.0 Å². The summed E-state index contributed by atoms with van der Waals surface area (Å²) in [6.07, 6.45) is -3.85. The molecule has 2 aromatic rings. The van der Waals surface area contributed by atoms with E-state index in [-0.39, 0.29) is 30.5 Å². The van der Waals surface area contributed by atoms with Gasteiger partial charge in [-0.1, -0.05) is 6.07 Å². The molecule has 0 bridgehead atoms. The quantitative estimate of drug-likeness (QED) is 0.807. The monoisotopic (exact) mass is 431 g/mol. The van der Waals surface area contributed by atoms with Crippen LogP contribution in [0.2, 0.25) is 0 Å². The van der Waals surface area contributed by atoms with Gasteiger partial charge in [0.2, 0.25) is 17.7 Å². The number of benzene rings is 2. The smallest absolute Gasteiger partial charge is 0.326 e. The van der Waals surface area contributed by atoms with Crippen molar-refractivity contribution in [2.75, 3.05) is 28.2 Å². The van der Waals surface area contributed by atoms with Gasteiger partial charge in [0.1, 0.15) is 0 Å². The van der Waals surface area contributed by atoms with Crippen molar-refractivity contribution in [2.45, 2.75) is 25.9 Å². The number of nitrogens with one attached hydrogen (secondary N) is 1. The largest absolute Gasteiger partial charge is 0.416 e. The predicted octanol–water partition coefficient (Wildman–Crippen LogP) is 3.61. The second kappa shape index (κ2) is 7.72. The lowest BCUT2D eigenvalue weighted by Gasteiger charge is -2.19. The van der Waals surface area contributed by atoms with Gasteiger partial charge in [0.25, 0.3) is 0 Å². The van der Waals surface area contributed by atoms with E-state index in [4.69, 9.17) is 0 Å². The van der Waals surface area contributed by atoms with Gasteiger partial charge in [0, 0.05) is 43.5 Å². The first-order valence-electron chi connectivity index (χ1n) is 9.83. The molecule has 0 saturated carbocycles. The molecule has 2 aliphatic rings. The third-order valence-electron chi connectivity index (χ3n) is 5.60. The molecule has 0 aromatic heterocycles. The molecule has 9 heteroatoms. The van der Waals surface area contributed by atoms with Gasteiger partial charge in [-0.15, -0.1) is 0 Å². The first kappa shape index (κ1) is 20.9. The van der Waals surface area contributed by atoms with Crippen molar-refractivity contribution in [2.24, 2.45) is 5.92 Å². The van der Waals surface area contributed by atoms with Crippen LogP contribution in [0, 0.1) is 5.92 Å². The highest BCUT2D eigenvalue weighted by molar-refractivity contribution is 6.04. The summed E-state index contributed by atoms with van der Waals surface area (Å²) >= 11 is 0. The van der Waals surface area contributed by atoms with E-state index in [0.29, 0.717) is 18.7 Å². The number of fused-ring (bicyclic) bond motifs is 1. The van der Waals surface area contributed by atoms with E-state index >= 15 is 0 Å². The number of hydrogen-bond acceptors (Lipinski definition) is 3. The summed E-state index contributed by atoms with van der Waals surface area (Å²) in [6, 6.07) is 9.78. The number of rotatable bonds is 3. The summed E-state index contributed by atoms with van der Waals surface area (Å²) in [5.41, 5.74) is 1.60. The van der Waals surface area contributed by atoms with Crippen LogP contribution in [0.5, 0.6) is 0 Å². The summed E-state index contributed by atoms with van der Waals surface area (Å²) in [5, 5.41) is 2.49. The average Bonchev–Trinajstić information content (AvgIpc) is 3.30. The van der Waals surface area contributed by atoms with E-state index in [0.717, 1.165) is 23.4 Å². The number of hydrogen-bond donors (Lipinski definition) is 1. The third-order valence-corrected chi connectivity index (χ3v) is 5.60. The molecule has 4 rings (SSSR count). The molecule has 1 atom stereocenters. The molecule has 2 heterocycles. The van der Waals surface area contributed by atoms with E-state index in [1.165, 1.54) is 24.0 Å².